The summed E-state index contributed by atoms with van der Waals surface area (Å²) in [5.74, 6) is 0.430. The van der Waals surface area contributed by atoms with Gasteiger partial charge in [-0.1, -0.05) is 22.0 Å². The van der Waals surface area contributed by atoms with E-state index < -0.39 is 0 Å². The Morgan fingerprint density at radius 3 is 3.05 bits per heavy atom. The van der Waals surface area contributed by atoms with Crippen molar-refractivity contribution in [2.24, 2.45) is 5.92 Å². The zero-order valence-electron chi connectivity index (χ0n) is 12.4. The summed E-state index contributed by atoms with van der Waals surface area (Å²) in [7, 11) is 1.94. The molecule has 1 N–H and O–H groups in total. The van der Waals surface area contributed by atoms with E-state index in [1.165, 1.54) is 12.5 Å². The number of amides is 1. The molecule has 0 spiro atoms. The number of carbonyl (C=O) groups excluding carboxylic acids is 1. The van der Waals surface area contributed by atoms with Crippen LogP contribution in [0.15, 0.2) is 22.7 Å². The molecular weight excluding hydrogens is 335 g/mol. The number of likely N-dealkylation sites (tertiary alicyclic amines) is 1. The molecule has 1 fully saturated rings. The second-order valence-electron chi connectivity index (χ2n) is 5.64. The Kier molecular flexibility index (Phi) is 6.18. The second-order valence-corrected chi connectivity index (χ2v) is 6.56. The topological polar surface area (TPSA) is 32.3 Å². The minimum Gasteiger partial charge on any atom is -0.342 e. The lowest BCUT2D eigenvalue weighted by molar-refractivity contribution is -0.132. The largest absolute Gasteiger partial charge is 0.342 e. The van der Waals surface area contributed by atoms with Gasteiger partial charge in [-0.3, -0.25) is 4.79 Å². The van der Waals surface area contributed by atoms with Crippen LogP contribution in [-0.4, -0.2) is 37.5 Å². The number of nitrogens with zero attached hydrogens (tertiary/aromatic N) is 1. The predicted octanol–water partition coefficient (Wildman–Crippen LogP) is 2.98. The summed E-state index contributed by atoms with van der Waals surface area (Å²) in [5.41, 5.74) is 0.607. The van der Waals surface area contributed by atoms with E-state index in [9.17, 15) is 9.18 Å². The van der Waals surface area contributed by atoms with Crippen LogP contribution in [0.2, 0.25) is 0 Å². The summed E-state index contributed by atoms with van der Waals surface area (Å²) in [4.78, 5) is 14.2. The first-order chi connectivity index (χ1) is 10.1. The van der Waals surface area contributed by atoms with Crippen LogP contribution >= 0.6 is 15.9 Å². The molecule has 2 rings (SSSR count). The normalized spacial score (nSPS) is 18.8. The highest BCUT2D eigenvalue weighted by Gasteiger charge is 2.23. The molecule has 1 unspecified atom stereocenters. The first-order valence-electron chi connectivity index (χ1n) is 7.46. The number of carbonyl (C=O) groups is 1. The molecule has 21 heavy (non-hydrogen) atoms. The molecule has 1 saturated heterocycles. The van der Waals surface area contributed by atoms with Crippen LogP contribution in [0.4, 0.5) is 4.39 Å². The van der Waals surface area contributed by atoms with E-state index in [1.54, 1.807) is 6.07 Å². The van der Waals surface area contributed by atoms with Gasteiger partial charge < -0.3 is 10.2 Å². The van der Waals surface area contributed by atoms with Gasteiger partial charge in [0, 0.05) is 24.0 Å². The Morgan fingerprint density at radius 2 is 2.33 bits per heavy atom. The van der Waals surface area contributed by atoms with Crippen molar-refractivity contribution < 1.29 is 9.18 Å². The molecule has 3 nitrogen and oxygen atoms in total. The van der Waals surface area contributed by atoms with Crippen LogP contribution in [0.5, 0.6) is 0 Å². The molecule has 0 radical (unpaired) electrons. The summed E-state index contributed by atoms with van der Waals surface area (Å²) < 4.78 is 14.5. The number of rotatable bonds is 5. The number of hydrogen-bond acceptors (Lipinski definition) is 2. The molecule has 0 aliphatic carbocycles. The lowest BCUT2D eigenvalue weighted by atomic mass is 9.97. The Hall–Kier alpha value is -0.940. The third kappa shape index (κ3) is 4.78. The number of piperidine rings is 1. The summed E-state index contributed by atoms with van der Waals surface area (Å²) in [5, 5.41) is 3.18. The van der Waals surface area contributed by atoms with Gasteiger partial charge in [-0.2, -0.15) is 0 Å². The number of benzene rings is 1. The maximum absolute atomic E-state index is 13.7. The number of hydrogen-bond donors (Lipinski definition) is 1. The van der Waals surface area contributed by atoms with Crippen LogP contribution < -0.4 is 5.32 Å². The average molecular weight is 357 g/mol. The van der Waals surface area contributed by atoms with Gasteiger partial charge in [-0.25, -0.2) is 4.39 Å². The summed E-state index contributed by atoms with van der Waals surface area (Å²) in [6.07, 6.45) is 3.08. The second kappa shape index (κ2) is 7.90. The van der Waals surface area contributed by atoms with E-state index >= 15 is 0 Å². The standard InChI is InChI=1S/C16H22BrFN2O/c1-19-10-12-3-2-8-20(11-12)16(21)7-5-13-4-6-14(17)9-15(13)18/h4,6,9,12,19H,2-3,5,7-8,10-11H2,1H3. The molecule has 116 valence electrons. The number of aryl methyl sites for hydroxylation is 1. The zero-order chi connectivity index (χ0) is 15.2. The molecule has 1 atom stereocenters. The van der Waals surface area contributed by atoms with Crippen LogP contribution in [0.25, 0.3) is 0 Å². The van der Waals surface area contributed by atoms with Gasteiger partial charge in [0.2, 0.25) is 5.91 Å². The maximum Gasteiger partial charge on any atom is 0.222 e. The maximum atomic E-state index is 13.7. The number of halogens is 2. The van der Waals surface area contributed by atoms with Crippen LogP contribution in [0.1, 0.15) is 24.8 Å². The summed E-state index contributed by atoms with van der Waals surface area (Å²) in [6, 6.07) is 5.00. The molecule has 0 bridgehead atoms. The van der Waals surface area contributed by atoms with Crippen molar-refractivity contribution in [3.8, 4) is 0 Å². The minimum atomic E-state index is -0.246. The van der Waals surface area contributed by atoms with Crippen molar-refractivity contribution in [1.82, 2.24) is 10.2 Å². The molecule has 0 aromatic heterocycles. The first-order valence-corrected chi connectivity index (χ1v) is 8.25. The van der Waals surface area contributed by atoms with E-state index in [1.807, 2.05) is 18.0 Å². The highest BCUT2D eigenvalue weighted by molar-refractivity contribution is 9.10. The van der Waals surface area contributed by atoms with E-state index in [2.05, 4.69) is 21.2 Å². The summed E-state index contributed by atoms with van der Waals surface area (Å²) in [6.45, 7) is 2.61. The monoisotopic (exact) mass is 356 g/mol. The molecular formula is C16H22BrFN2O. The van der Waals surface area contributed by atoms with E-state index in [0.29, 0.717) is 24.3 Å². The lowest BCUT2D eigenvalue weighted by Gasteiger charge is -2.32. The fourth-order valence-corrected chi connectivity index (χ4v) is 3.20. The highest BCUT2D eigenvalue weighted by Crippen LogP contribution is 2.19. The highest BCUT2D eigenvalue weighted by atomic mass is 79.9. The summed E-state index contributed by atoms with van der Waals surface area (Å²) >= 11 is 3.24. The van der Waals surface area contributed by atoms with Crippen molar-refractivity contribution in [2.75, 3.05) is 26.7 Å². The first kappa shape index (κ1) is 16.4. The Labute approximate surface area is 134 Å². The van der Waals surface area contributed by atoms with Gasteiger partial charge in [-0.05, 0) is 56.5 Å². The average Bonchev–Trinajstić information content (AvgIpc) is 2.47. The van der Waals surface area contributed by atoms with E-state index in [4.69, 9.17) is 0 Å². The predicted molar refractivity (Wildman–Crippen MR) is 85.7 cm³/mol. The minimum absolute atomic E-state index is 0.137. The van der Waals surface area contributed by atoms with E-state index in [0.717, 1.165) is 30.5 Å². The molecule has 0 saturated carbocycles. The van der Waals surface area contributed by atoms with E-state index in [-0.39, 0.29) is 11.7 Å². The quantitative estimate of drug-likeness (QED) is 0.879. The molecule has 1 aliphatic rings. The molecule has 1 amide bonds. The molecule has 1 aliphatic heterocycles. The van der Waals surface area contributed by atoms with Crippen LogP contribution in [-0.2, 0) is 11.2 Å². The van der Waals surface area contributed by atoms with Gasteiger partial charge in [0.1, 0.15) is 5.82 Å². The van der Waals surface area contributed by atoms with Gasteiger partial charge in [0.15, 0.2) is 0 Å². The smallest absolute Gasteiger partial charge is 0.222 e. The van der Waals surface area contributed by atoms with Gasteiger partial charge in [-0.15, -0.1) is 0 Å². The molecule has 1 aromatic rings. The van der Waals surface area contributed by atoms with Crippen molar-refractivity contribution in [2.45, 2.75) is 25.7 Å². The van der Waals surface area contributed by atoms with Gasteiger partial charge >= 0.3 is 0 Å². The molecule has 5 heteroatoms. The third-order valence-corrected chi connectivity index (χ3v) is 4.48. The van der Waals surface area contributed by atoms with Crippen LogP contribution in [0, 0.1) is 11.7 Å². The lowest BCUT2D eigenvalue weighted by Crippen LogP contribution is -2.42. The Bertz CT molecular complexity index is 493. The number of nitrogens with one attached hydrogen (secondary N) is 1. The van der Waals surface area contributed by atoms with Crippen LogP contribution in [0.3, 0.4) is 0 Å². The SMILES string of the molecule is CNCC1CCCN(C(=O)CCc2ccc(Br)cc2F)C1. The molecule has 1 heterocycles. The molecule has 1 aromatic carbocycles. The van der Waals surface area contributed by atoms with Crippen molar-refractivity contribution >= 4 is 21.8 Å². The van der Waals surface area contributed by atoms with Gasteiger partial charge in [0.25, 0.3) is 0 Å². The third-order valence-electron chi connectivity index (χ3n) is 3.99. The Balaban J connectivity index is 1.86. The van der Waals surface area contributed by atoms with Crippen molar-refractivity contribution in [3.63, 3.8) is 0 Å². The fraction of sp³-hybridized carbons (Fsp3) is 0.562. The zero-order valence-corrected chi connectivity index (χ0v) is 14.0. The van der Waals surface area contributed by atoms with Crippen molar-refractivity contribution in [3.05, 3.63) is 34.1 Å². The fourth-order valence-electron chi connectivity index (χ4n) is 2.87. The van der Waals surface area contributed by atoms with Gasteiger partial charge in [0.05, 0.1) is 0 Å². The Morgan fingerprint density at radius 1 is 1.52 bits per heavy atom. The van der Waals surface area contributed by atoms with Crippen molar-refractivity contribution in [1.29, 1.82) is 0 Å².